The lowest BCUT2D eigenvalue weighted by atomic mass is 9.89. The fraction of sp³-hybridized carbons (Fsp3) is 0.222. The monoisotopic (exact) mass is 438 g/mol. The lowest BCUT2D eigenvalue weighted by Crippen LogP contribution is -2.08. The Morgan fingerprint density at radius 1 is 0.844 bits per heavy atom. The van der Waals surface area contributed by atoms with Gasteiger partial charge < -0.3 is 0 Å². The molecule has 1 saturated carbocycles. The molecule has 0 atom stereocenters. The van der Waals surface area contributed by atoms with E-state index in [1.165, 1.54) is 32.1 Å². The molecule has 1 fully saturated rings. The second-order valence-corrected chi connectivity index (χ2v) is 8.92. The summed E-state index contributed by atoms with van der Waals surface area (Å²) in [7, 11) is 0. The Labute approximate surface area is 191 Å². The van der Waals surface area contributed by atoms with Crippen LogP contribution in [-0.2, 0) is 0 Å². The van der Waals surface area contributed by atoms with E-state index in [1.54, 1.807) is 6.20 Å². The molecule has 1 aliphatic carbocycles. The highest BCUT2D eigenvalue weighted by Gasteiger charge is 2.24. The van der Waals surface area contributed by atoms with Crippen LogP contribution in [0.25, 0.3) is 38.9 Å². The zero-order valence-corrected chi connectivity index (χ0v) is 18.5. The second kappa shape index (κ2) is 8.03. The van der Waals surface area contributed by atoms with Gasteiger partial charge in [0.05, 0.1) is 16.9 Å². The highest BCUT2D eigenvalue weighted by atomic mass is 35.5. The first kappa shape index (κ1) is 19.4. The highest BCUT2D eigenvalue weighted by Crippen LogP contribution is 2.37. The number of halogens is 1. The van der Waals surface area contributed by atoms with Gasteiger partial charge in [-0.3, -0.25) is 4.40 Å². The fourth-order valence-electron chi connectivity index (χ4n) is 4.91. The number of nitrogens with zero attached hydrogens (tertiary/aromatic N) is 4. The molecule has 158 valence electrons. The van der Waals surface area contributed by atoms with Crippen molar-refractivity contribution in [3.63, 3.8) is 0 Å². The first-order valence-electron chi connectivity index (χ1n) is 11.3. The minimum atomic E-state index is 0.465. The number of hydrogen-bond acceptors (Lipinski definition) is 3. The van der Waals surface area contributed by atoms with E-state index < -0.39 is 0 Å². The van der Waals surface area contributed by atoms with Crippen LogP contribution in [0, 0.1) is 0 Å². The van der Waals surface area contributed by atoms with E-state index in [0.717, 1.165) is 44.8 Å². The van der Waals surface area contributed by atoms with Crippen LogP contribution < -0.4 is 0 Å². The van der Waals surface area contributed by atoms with Crippen LogP contribution in [0.1, 0.15) is 43.8 Å². The van der Waals surface area contributed by atoms with Gasteiger partial charge in [-0.1, -0.05) is 79.4 Å². The van der Waals surface area contributed by atoms with Crippen LogP contribution in [0.4, 0.5) is 0 Å². The van der Waals surface area contributed by atoms with Gasteiger partial charge in [-0.05, 0) is 25.0 Å². The normalized spacial score (nSPS) is 14.9. The summed E-state index contributed by atoms with van der Waals surface area (Å²) in [5.74, 6) is 1.57. The molecule has 4 nitrogen and oxygen atoms in total. The molecule has 3 aromatic heterocycles. The standard InChI is InChI=1S/C27H23ClN4/c28-26-25-24(31-27(32(25)16-15-29-26)20-9-5-2-6-10-20)21-12-11-19-13-14-22(30-23(19)17-21)18-7-3-1-4-8-18/h1,3-4,7-8,11-17,20H,2,5-6,9-10H2. The van der Waals surface area contributed by atoms with E-state index in [-0.39, 0.29) is 0 Å². The number of aromatic nitrogens is 4. The number of fused-ring (bicyclic) bond motifs is 2. The number of pyridine rings is 1. The molecule has 3 heterocycles. The molecule has 0 N–H and O–H groups in total. The summed E-state index contributed by atoms with van der Waals surface area (Å²) in [6.07, 6.45) is 9.95. The summed E-state index contributed by atoms with van der Waals surface area (Å²) in [4.78, 5) is 14.4. The fourth-order valence-corrected chi connectivity index (χ4v) is 5.15. The largest absolute Gasteiger partial charge is 0.299 e. The molecule has 6 rings (SSSR count). The summed E-state index contributed by atoms with van der Waals surface area (Å²) in [6.45, 7) is 0. The number of rotatable bonds is 3. The molecular weight excluding hydrogens is 416 g/mol. The molecule has 0 aliphatic heterocycles. The van der Waals surface area contributed by atoms with Crippen molar-refractivity contribution in [2.24, 2.45) is 0 Å². The maximum absolute atomic E-state index is 6.60. The maximum Gasteiger partial charge on any atom is 0.155 e. The average molecular weight is 439 g/mol. The Bertz CT molecular complexity index is 1420. The van der Waals surface area contributed by atoms with E-state index in [0.29, 0.717) is 11.1 Å². The van der Waals surface area contributed by atoms with E-state index in [9.17, 15) is 0 Å². The molecule has 0 saturated heterocycles. The third-order valence-corrected chi connectivity index (χ3v) is 6.82. The summed E-state index contributed by atoms with van der Waals surface area (Å²) in [5, 5.41) is 1.59. The second-order valence-electron chi connectivity index (χ2n) is 8.56. The third kappa shape index (κ3) is 3.35. The Morgan fingerprint density at radius 3 is 2.50 bits per heavy atom. The van der Waals surface area contributed by atoms with Crippen molar-refractivity contribution in [2.45, 2.75) is 38.0 Å². The molecule has 5 heteroatoms. The topological polar surface area (TPSA) is 43.1 Å². The van der Waals surface area contributed by atoms with Gasteiger partial charge in [0.25, 0.3) is 0 Å². The lowest BCUT2D eigenvalue weighted by Gasteiger charge is -2.20. The van der Waals surface area contributed by atoms with Crippen molar-refractivity contribution in [3.05, 3.63) is 84.0 Å². The molecule has 2 aromatic carbocycles. The van der Waals surface area contributed by atoms with Crippen LogP contribution >= 0.6 is 11.6 Å². The summed E-state index contributed by atoms with van der Waals surface area (Å²) >= 11 is 6.60. The molecule has 32 heavy (non-hydrogen) atoms. The van der Waals surface area contributed by atoms with Crippen LogP contribution in [-0.4, -0.2) is 19.4 Å². The molecular formula is C27H23ClN4. The van der Waals surface area contributed by atoms with Crippen molar-refractivity contribution in [3.8, 4) is 22.5 Å². The molecule has 0 amide bonds. The first-order valence-corrected chi connectivity index (χ1v) is 11.6. The van der Waals surface area contributed by atoms with Crippen LogP contribution in [0.5, 0.6) is 0 Å². The molecule has 0 bridgehead atoms. The first-order chi connectivity index (χ1) is 15.8. The zero-order chi connectivity index (χ0) is 21.5. The van der Waals surface area contributed by atoms with Crippen molar-refractivity contribution in [1.29, 1.82) is 0 Å². The minimum Gasteiger partial charge on any atom is -0.299 e. The molecule has 0 radical (unpaired) electrons. The van der Waals surface area contributed by atoms with Crippen LogP contribution in [0.3, 0.4) is 0 Å². The van der Waals surface area contributed by atoms with Gasteiger partial charge in [0.1, 0.15) is 11.3 Å². The number of imidazole rings is 1. The smallest absolute Gasteiger partial charge is 0.155 e. The Kier molecular flexibility index (Phi) is 4.88. The van der Waals surface area contributed by atoms with Crippen molar-refractivity contribution < 1.29 is 0 Å². The minimum absolute atomic E-state index is 0.465. The molecule has 0 spiro atoms. The summed E-state index contributed by atoms with van der Waals surface area (Å²) in [5.41, 5.74) is 5.81. The maximum atomic E-state index is 6.60. The number of benzene rings is 2. The van der Waals surface area contributed by atoms with Gasteiger partial charge in [0.2, 0.25) is 0 Å². The zero-order valence-electron chi connectivity index (χ0n) is 17.7. The Morgan fingerprint density at radius 2 is 1.66 bits per heavy atom. The van der Waals surface area contributed by atoms with Gasteiger partial charge in [-0.25, -0.2) is 15.0 Å². The van der Waals surface area contributed by atoms with Crippen molar-refractivity contribution in [2.75, 3.05) is 0 Å². The van der Waals surface area contributed by atoms with E-state index >= 15 is 0 Å². The predicted octanol–water partition coefficient (Wildman–Crippen LogP) is 7.31. The molecule has 1 aliphatic rings. The average Bonchev–Trinajstić information content (AvgIpc) is 3.25. The van der Waals surface area contributed by atoms with Crippen molar-refractivity contribution in [1.82, 2.24) is 19.4 Å². The predicted molar refractivity (Wildman–Crippen MR) is 130 cm³/mol. The lowest BCUT2D eigenvalue weighted by molar-refractivity contribution is 0.428. The third-order valence-electron chi connectivity index (χ3n) is 6.54. The van der Waals surface area contributed by atoms with Crippen LogP contribution in [0.2, 0.25) is 5.15 Å². The quantitative estimate of drug-likeness (QED) is 0.296. The van der Waals surface area contributed by atoms with Gasteiger partial charge in [-0.2, -0.15) is 0 Å². The van der Waals surface area contributed by atoms with Gasteiger partial charge >= 0.3 is 0 Å². The van der Waals surface area contributed by atoms with Gasteiger partial charge in [-0.15, -0.1) is 0 Å². The van der Waals surface area contributed by atoms with E-state index in [4.69, 9.17) is 21.6 Å². The Hall–Kier alpha value is -3.24. The molecule has 5 aromatic rings. The summed E-state index contributed by atoms with van der Waals surface area (Å²) in [6, 6.07) is 20.8. The van der Waals surface area contributed by atoms with E-state index in [1.807, 2.05) is 24.4 Å². The van der Waals surface area contributed by atoms with Gasteiger partial charge in [0, 0.05) is 34.8 Å². The summed E-state index contributed by atoms with van der Waals surface area (Å²) < 4.78 is 2.15. The van der Waals surface area contributed by atoms with Crippen LogP contribution in [0.15, 0.2) is 73.1 Å². The molecule has 0 unspecified atom stereocenters. The van der Waals surface area contributed by atoms with E-state index in [2.05, 4.69) is 51.8 Å². The number of hydrogen-bond donors (Lipinski definition) is 0. The highest BCUT2D eigenvalue weighted by molar-refractivity contribution is 6.33. The SMILES string of the molecule is Clc1nccn2c(C3CCCCC3)nc(-c3ccc4ccc(-c5ccccc5)nc4c3)c12. The van der Waals surface area contributed by atoms with Gasteiger partial charge in [0.15, 0.2) is 5.15 Å². The Balaban J connectivity index is 1.51. The van der Waals surface area contributed by atoms with Crippen molar-refractivity contribution >= 4 is 28.0 Å².